The summed E-state index contributed by atoms with van der Waals surface area (Å²) in [5.74, 6) is 0.703. The van der Waals surface area contributed by atoms with Crippen molar-refractivity contribution in [2.24, 2.45) is 5.92 Å². The van der Waals surface area contributed by atoms with Crippen LogP contribution in [0.25, 0.3) is 0 Å². The fourth-order valence-corrected chi connectivity index (χ4v) is 0.894. The van der Waals surface area contributed by atoms with Gasteiger partial charge in [0.2, 0.25) is 0 Å². The van der Waals surface area contributed by atoms with Crippen LogP contribution in [0.1, 0.15) is 26.7 Å². The van der Waals surface area contributed by atoms with Crippen molar-refractivity contribution in [2.75, 3.05) is 20.6 Å². The normalized spacial score (nSPS) is 12.2. The predicted octanol–water partition coefficient (Wildman–Crippen LogP) is 2.54. The Bertz CT molecular complexity index is 103. The standard InChI is InChI=1S/C10H21N/c1-10(2)8-6-5-7-9-11(3)4/h6,8,10H,5,7,9H2,1-4H3. The van der Waals surface area contributed by atoms with Crippen molar-refractivity contribution in [3.8, 4) is 0 Å². The lowest BCUT2D eigenvalue weighted by Gasteiger charge is -2.06. The molecule has 0 aliphatic carbocycles. The van der Waals surface area contributed by atoms with E-state index in [1.54, 1.807) is 0 Å². The maximum atomic E-state index is 2.29. The van der Waals surface area contributed by atoms with Gasteiger partial charge in [0.05, 0.1) is 0 Å². The second kappa shape index (κ2) is 6.41. The number of allylic oxidation sites excluding steroid dienone is 2. The topological polar surface area (TPSA) is 3.24 Å². The molecule has 0 radical (unpaired) electrons. The van der Waals surface area contributed by atoms with E-state index in [-0.39, 0.29) is 0 Å². The van der Waals surface area contributed by atoms with Crippen molar-refractivity contribution in [3.05, 3.63) is 12.2 Å². The van der Waals surface area contributed by atoms with Gasteiger partial charge in [0.15, 0.2) is 0 Å². The molecule has 0 saturated heterocycles. The highest BCUT2D eigenvalue weighted by Crippen LogP contribution is 1.97. The monoisotopic (exact) mass is 155 g/mol. The van der Waals surface area contributed by atoms with E-state index in [1.165, 1.54) is 19.4 Å². The predicted molar refractivity (Wildman–Crippen MR) is 51.8 cm³/mol. The van der Waals surface area contributed by atoms with Crippen LogP contribution in [0.15, 0.2) is 12.2 Å². The van der Waals surface area contributed by atoms with Crippen LogP contribution in [0, 0.1) is 5.92 Å². The molecule has 0 saturated carbocycles. The molecule has 0 rings (SSSR count). The summed E-state index contributed by atoms with van der Waals surface area (Å²) in [6.45, 7) is 5.62. The molecule has 0 amide bonds. The third kappa shape index (κ3) is 9.70. The number of hydrogen-bond acceptors (Lipinski definition) is 1. The Hall–Kier alpha value is -0.300. The van der Waals surface area contributed by atoms with Crippen LogP contribution >= 0.6 is 0 Å². The molecule has 0 heterocycles. The summed E-state index contributed by atoms with van der Waals surface area (Å²) in [7, 11) is 4.23. The second-order valence-electron chi connectivity index (χ2n) is 3.62. The van der Waals surface area contributed by atoms with Crippen molar-refractivity contribution in [1.29, 1.82) is 0 Å². The van der Waals surface area contributed by atoms with E-state index in [4.69, 9.17) is 0 Å². The molecule has 0 aromatic rings. The summed E-state index contributed by atoms with van der Waals surface area (Å²) in [5.41, 5.74) is 0. The number of nitrogens with zero attached hydrogens (tertiary/aromatic N) is 1. The smallest absolute Gasteiger partial charge is 0.00219 e. The largest absolute Gasteiger partial charge is 0.309 e. The highest BCUT2D eigenvalue weighted by molar-refractivity contribution is 4.84. The highest BCUT2D eigenvalue weighted by Gasteiger charge is 1.87. The van der Waals surface area contributed by atoms with E-state index in [2.05, 4.69) is 45.0 Å². The SMILES string of the molecule is CC(C)C=CCCCN(C)C. The van der Waals surface area contributed by atoms with Crippen LogP contribution in [-0.2, 0) is 0 Å². The molecule has 0 aromatic heterocycles. The molecular formula is C10H21N. The molecule has 0 atom stereocenters. The number of hydrogen-bond donors (Lipinski definition) is 0. The summed E-state index contributed by atoms with van der Waals surface area (Å²) >= 11 is 0. The van der Waals surface area contributed by atoms with Crippen LogP contribution in [-0.4, -0.2) is 25.5 Å². The minimum absolute atomic E-state index is 0.703. The van der Waals surface area contributed by atoms with Crippen molar-refractivity contribution in [2.45, 2.75) is 26.7 Å². The quantitative estimate of drug-likeness (QED) is 0.435. The van der Waals surface area contributed by atoms with Crippen LogP contribution in [0.2, 0.25) is 0 Å². The lowest BCUT2D eigenvalue weighted by Crippen LogP contribution is -2.12. The Morgan fingerprint density at radius 3 is 2.36 bits per heavy atom. The molecule has 0 aliphatic heterocycles. The molecule has 0 aliphatic rings. The Balaban J connectivity index is 3.14. The highest BCUT2D eigenvalue weighted by atomic mass is 15.0. The molecule has 0 aromatic carbocycles. The lowest BCUT2D eigenvalue weighted by molar-refractivity contribution is 0.401. The Morgan fingerprint density at radius 2 is 1.91 bits per heavy atom. The summed E-state index contributed by atoms with van der Waals surface area (Å²) in [5, 5.41) is 0. The van der Waals surface area contributed by atoms with Gasteiger partial charge in [0.25, 0.3) is 0 Å². The first-order valence-corrected chi connectivity index (χ1v) is 4.44. The van der Waals surface area contributed by atoms with Crippen LogP contribution in [0.4, 0.5) is 0 Å². The molecule has 1 nitrogen and oxygen atoms in total. The fraction of sp³-hybridized carbons (Fsp3) is 0.800. The summed E-state index contributed by atoms with van der Waals surface area (Å²) < 4.78 is 0. The van der Waals surface area contributed by atoms with Crippen LogP contribution in [0.3, 0.4) is 0 Å². The van der Waals surface area contributed by atoms with Gasteiger partial charge < -0.3 is 4.90 Å². The van der Waals surface area contributed by atoms with Gasteiger partial charge in [-0.25, -0.2) is 0 Å². The molecule has 0 bridgehead atoms. The van der Waals surface area contributed by atoms with Crippen molar-refractivity contribution in [3.63, 3.8) is 0 Å². The van der Waals surface area contributed by atoms with Gasteiger partial charge in [-0.1, -0.05) is 26.0 Å². The molecule has 0 fully saturated rings. The third-order valence-electron chi connectivity index (χ3n) is 1.50. The maximum Gasteiger partial charge on any atom is -0.00219 e. The minimum Gasteiger partial charge on any atom is -0.309 e. The van der Waals surface area contributed by atoms with E-state index in [1.807, 2.05) is 0 Å². The molecule has 1 heteroatoms. The van der Waals surface area contributed by atoms with Gasteiger partial charge in [0.1, 0.15) is 0 Å². The molecule has 11 heavy (non-hydrogen) atoms. The third-order valence-corrected chi connectivity index (χ3v) is 1.50. The van der Waals surface area contributed by atoms with E-state index >= 15 is 0 Å². The van der Waals surface area contributed by atoms with Gasteiger partial charge in [0, 0.05) is 0 Å². The summed E-state index contributed by atoms with van der Waals surface area (Å²) in [6.07, 6.45) is 7.05. The molecule has 66 valence electrons. The molecule has 0 unspecified atom stereocenters. The van der Waals surface area contributed by atoms with Gasteiger partial charge >= 0.3 is 0 Å². The molecule has 0 spiro atoms. The number of unbranched alkanes of at least 4 members (excludes halogenated alkanes) is 1. The Kier molecular flexibility index (Phi) is 6.24. The van der Waals surface area contributed by atoms with E-state index in [9.17, 15) is 0 Å². The van der Waals surface area contributed by atoms with E-state index in [0.29, 0.717) is 5.92 Å². The maximum absolute atomic E-state index is 2.29. The van der Waals surface area contributed by atoms with E-state index in [0.717, 1.165) is 0 Å². The first kappa shape index (κ1) is 10.7. The van der Waals surface area contributed by atoms with Crippen molar-refractivity contribution in [1.82, 2.24) is 4.90 Å². The zero-order chi connectivity index (χ0) is 8.69. The van der Waals surface area contributed by atoms with Gasteiger partial charge in [-0.05, 0) is 39.4 Å². The molecule has 0 N–H and O–H groups in total. The zero-order valence-electron chi connectivity index (χ0n) is 8.30. The van der Waals surface area contributed by atoms with Gasteiger partial charge in [-0.15, -0.1) is 0 Å². The minimum atomic E-state index is 0.703. The van der Waals surface area contributed by atoms with Crippen molar-refractivity contribution < 1.29 is 0 Å². The lowest BCUT2D eigenvalue weighted by atomic mass is 10.2. The first-order chi connectivity index (χ1) is 5.13. The van der Waals surface area contributed by atoms with Crippen LogP contribution in [0.5, 0.6) is 0 Å². The zero-order valence-corrected chi connectivity index (χ0v) is 8.30. The average molecular weight is 155 g/mol. The first-order valence-electron chi connectivity index (χ1n) is 4.44. The van der Waals surface area contributed by atoms with E-state index < -0.39 is 0 Å². The average Bonchev–Trinajstić information content (AvgIpc) is 1.85. The Morgan fingerprint density at radius 1 is 1.27 bits per heavy atom. The van der Waals surface area contributed by atoms with Crippen molar-refractivity contribution >= 4 is 0 Å². The second-order valence-corrected chi connectivity index (χ2v) is 3.62. The fourth-order valence-electron chi connectivity index (χ4n) is 0.894. The van der Waals surface area contributed by atoms with Gasteiger partial charge in [-0.2, -0.15) is 0 Å². The summed E-state index contributed by atoms with van der Waals surface area (Å²) in [4.78, 5) is 2.23. The summed E-state index contributed by atoms with van der Waals surface area (Å²) in [6, 6.07) is 0. The number of rotatable bonds is 5. The Labute approximate surface area is 71.1 Å². The molecular weight excluding hydrogens is 134 g/mol. The van der Waals surface area contributed by atoms with Crippen LogP contribution < -0.4 is 0 Å². The van der Waals surface area contributed by atoms with Gasteiger partial charge in [-0.3, -0.25) is 0 Å².